The highest BCUT2D eigenvalue weighted by Gasteiger charge is 2.29. The van der Waals surface area contributed by atoms with Gasteiger partial charge >= 0.3 is 0 Å². The third-order valence-electron chi connectivity index (χ3n) is 4.46. The predicted molar refractivity (Wildman–Crippen MR) is 98.5 cm³/mol. The summed E-state index contributed by atoms with van der Waals surface area (Å²) in [6.07, 6.45) is 1.58. The highest BCUT2D eigenvalue weighted by Crippen LogP contribution is 2.25. The van der Waals surface area contributed by atoms with Gasteiger partial charge in [-0.05, 0) is 18.2 Å². The van der Waals surface area contributed by atoms with Crippen molar-refractivity contribution in [2.45, 2.75) is 10.9 Å². The van der Waals surface area contributed by atoms with Crippen molar-refractivity contribution >= 4 is 15.8 Å². The molecule has 1 saturated heterocycles. The van der Waals surface area contributed by atoms with Gasteiger partial charge in [0.25, 0.3) is 5.16 Å². The van der Waals surface area contributed by atoms with Crippen LogP contribution in [0, 0.1) is 0 Å². The van der Waals surface area contributed by atoms with Gasteiger partial charge in [0.15, 0.2) is 0 Å². The van der Waals surface area contributed by atoms with E-state index in [0.29, 0.717) is 43.6 Å². The number of aryl methyl sites for hydroxylation is 1. The fourth-order valence-electron chi connectivity index (χ4n) is 3.04. The van der Waals surface area contributed by atoms with Crippen molar-refractivity contribution in [2.75, 3.05) is 31.2 Å². The molecule has 0 radical (unpaired) electrons. The van der Waals surface area contributed by atoms with Crippen LogP contribution in [0.2, 0.25) is 0 Å². The number of hydrogen-bond acceptors (Lipinski definition) is 7. The van der Waals surface area contributed by atoms with Crippen LogP contribution in [0.1, 0.15) is 5.69 Å². The number of hydrogen-bond donors (Lipinski definition) is 0. The molecule has 27 heavy (non-hydrogen) atoms. The SMILES string of the molecule is Cn1nccc1CS(=O)(=O)c1nnc(N2CCOCC2)n1-c1ccccc1. The summed E-state index contributed by atoms with van der Waals surface area (Å²) in [6.45, 7) is 2.40. The molecule has 1 aromatic carbocycles. The predicted octanol–water partition coefficient (Wildman–Crippen LogP) is 0.811. The second-order valence-corrected chi connectivity index (χ2v) is 8.14. The largest absolute Gasteiger partial charge is 0.378 e. The summed E-state index contributed by atoms with van der Waals surface area (Å²) in [6, 6.07) is 11.0. The highest BCUT2D eigenvalue weighted by molar-refractivity contribution is 7.90. The molecule has 1 fully saturated rings. The molecule has 0 saturated carbocycles. The minimum atomic E-state index is -3.73. The van der Waals surface area contributed by atoms with Crippen molar-refractivity contribution in [3.63, 3.8) is 0 Å². The average molecular weight is 388 g/mol. The smallest absolute Gasteiger partial charge is 0.256 e. The molecule has 1 aliphatic heterocycles. The first kappa shape index (κ1) is 17.7. The molecule has 142 valence electrons. The van der Waals surface area contributed by atoms with Gasteiger partial charge < -0.3 is 9.64 Å². The number of rotatable bonds is 5. The number of aromatic nitrogens is 5. The molecule has 3 heterocycles. The molecule has 9 nitrogen and oxygen atoms in total. The van der Waals surface area contributed by atoms with E-state index in [4.69, 9.17) is 4.74 Å². The van der Waals surface area contributed by atoms with Gasteiger partial charge in [-0.25, -0.2) is 8.42 Å². The van der Waals surface area contributed by atoms with E-state index < -0.39 is 9.84 Å². The lowest BCUT2D eigenvalue weighted by Gasteiger charge is -2.27. The molecule has 0 unspecified atom stereocenters. The van der Waals surface area contributed by atoms with Crippen LogP contribution in [0.15, 0.2) is 47.8 Å². The Kier molecular flexibility index (Phi) is 4.66. The molecule has 1 aliphatic rings. The molecule has 10 heteroatoms. The quantitative estimate of drug-likeness (QED) is 0.638. The van der Waals surface area contributed by atoms with E-state index in [0.717, 1.165) is 0 Å². The van der Waals surface area contributed by atoms with Gasteiger partial charge in [0.05, 0.1) is 30.3 Å². The summed E-state index contributed by atoms with van der Waals surface area (Å²) in [5, 5.41) is 12.2. The van der Waals surface area contributed by atoms with E-state index in [-0.39, 0.29) is 10.9 Å². The molecular weight excluding hydrogens is 368 g/mol. The van der Waals surface area contributed by atoms with Crippen LogP contribution in [-0.2, 0) is 27.4 Å². The number of ether oxygens (including phenoxy) is 1. The van der Waals surface area contributed by atoms with Crippen LogP contribution in [0.25, 0.3) is 5.69 Å². The molecule has 0 amide bonds. The maximum atomic E-state index is 13.1. The fourth-order valence-corrected chi connectivity index (χ4v) is 4.47. The maximum absolute atomic E-state index is 13.1. The lowest BCUT2D eigenvalue weighted by molar-refractivity contribution is 0.122. The van der Waals surface area contributed by atoms with E-state index in [1.807, 2.05) is 35.2 Å². The molecule has 0 bridgehead atoms. The summed E-state index contributed by atoms with van der Waals surface area (Å²) < 4.78 is 34.8. The number of anilines is 1. The fraction of sp³-hybridized carbons (Fsp3) is 0.353. The number of benzene rings is 1. The van der Waals surface area contributed by atoms with Crippen LogP contribution < -0.4 is 4.90 Å². The summed E-state index contributed by atoms with van der Waals surface area (Å²) in [7, 11) is -2.02. The van der Waals surface area contributed by atoms with Crippen LogP contribution in [0.4, 0.5) is 5.95 Å². The first-order valence-electron chi connectivity index (χ1n) is 8.59. The lowest BCUT2D eigenvalue weighted by atomic mass is 10.3. The first-order valence-corrected chi connectivity index (χ1v) is 10.2. The van der Waals surface area contributed by atoms with Gasteiger partial charge in [0, 0.05) is 26.3 Å². The Hall–Kier alpha value is -2.72. The second kappa shape index (κ2) is 7.12. The minimum absolute atomic E-state index is 0.0728. The zero-order valence-corrected chi connectivity index (χ0v) is 15.7. The summed E-state index contributed by atoms with van der Waals surface area (Å²) in [5.41, 5.74) is 1.29. The normalized spacial score (nSPS) is 15.2. The molecular formula is C17H20N6O3S. The zero-order chi connectivity index (χ0) is 18.9. The van der Waals surface area contributed by atoms with Crippen LogP contribution in [0.5, 0.6) is 0 Å². The number of sulfone groups is 1. The molecule has 0 aliphatic carbocycles. The Labute approximate surface area is 157 Å². The Morgan fingerprint density at radius 2 is 1.81 bits per heavy atom. The van der Waals surface area contributed by atoms with Crippen molar-refractivity contribution < 1.29 is 13.2 Å². The molecule has 3 aromatic rings. The lowest BCUT2D eigenvalue weighted by Crippen LogP contribution is -2.38. The minimum Gasteiger partial charge on any atom is -0.378 e. The van der Waals surface area contributed by atoms with E-state index in [2.05, 4.69) is 15.3 Å². The molecule has 4 rings (SSSR count). The molecule has 0 spiro atoms. The van der Waals surface area contributed by atoms with Crippen LogP contribution in [0.3, 0.4) is 0 Å². The van der Waals surface area contributed by atoms with Crippen LogP contribution >= 0.6 is 0 Å². The molecule has 2 aromatic heterocycles. The Morgan fingerprint density at radius 3 is 2.48 bits per heavy atom. The maximum Gasteiger partial charge on any atom is 0.256 e. The Bertz CT molecular complexity index is 1020. The van der Waals surface area contributed by atoms with E-state index in [1.165, 1.54) is 0 Å². The van der Waals surface area contributed by atoms with Gasteiger partial charge in [-0.15, -0.1) is 10.2 Å². The van der Waals surface area contributed by atoms with Gasteiger partial charge in [0.1, 0.15) is 0 Å². The summed E-state index contributed by atoms with van der Waals surface area (Å²) in [4.78, 5) is 1.99. The Morgan fingerprint density at radius 1 is 1.07 bits per heavy atom. The molecule has 0 N–H and O–H groups in total. The van der Waals surface area contributed by atoms with Crippen molar-refractivity contribution in [1.82, 2.24) is 24.5 Å². The zero-order valence-electron chi connectivity index (χ0n) is 14.9. The van der Waals surface area contributed by atoms with Crippen molar-refractivity contribution in [2.24, 2.45) is 7.05 Å². The van der Waals surface area contributed by atoms with E-state index in [1.54, 1.807) is 28.6 Å². The number of para-hydroxylation sites is 1. The van der Waals surface area contributed by atoms with Gasteiger partial charge in [0.2, 0.25) is 15.8 Å². The van der Waals surface area contributed by atoms with Crippen molar-refractivity contribution in [3.05, 3.63) is 48.3 Å². The highest BCUT2D eigenvalue weighted by atomic mass is 32.2. The van der Waals surface area contributed by atoms with Gasteiger partial charge in [-0.1, -0.05) is 18.2 Å². The van der Waals surface area contributed by atoms with E-state index in [9.17, 15) is 8.42 Å². The summed E-state index contributed by atoms with van der Waals surface area (Å²) >= 11 is 0. The monoisotopic (exact) mass is 388 g/mol. The third-order valence-corrected chi connectivity index (χ3v) is 5.96. The number of morpholine rings is 1. The summed E-state index contributed by atoms with van der Waals surface area (Å²) in [5.74, 6) is 0.311. The van der Waals surface area contributed by atoms with Crippen LogP contribution in [-0.4, -0.2) is 59.3 Å². The molecule has 0 atom stereocenters. The number of nitrogens with zero attached hydrogens (tertiary/aromatic N) is 6. The second-order valence-electron chi connectivity index (χ2n) is 6.26. The first-order chi connectivity index (χ1) is 13.1. The Balaban J connectivity index is 1.80. The van der Waals surface area contributed by atoms with Gasteiger partial charge in [-0.3, -0.25) is 9.25 Å². The third kappa shape index (κ3) is 3.45. The van der Waals surface area contributed by atoms with E-state index >= 15 is 0 Å². The average Bonchev–Trinajstić information content (AvgIpc) is 3.30. The topological polar surface area (TPSA) is 95.1 Å². The van der Waals surface area contributed by atoms with Crippen molar-refractivity contribution in [1.29, 1.82) is 0 Å². The van der Waals surface area contributed by atoms with Crippen molar-refractivity contribution in [3.8, 4) is 5.69 Å². The van der Waals surface area contributed by atoms with Gasteiger partial charge in [-0.2, -0.15) is 5.10 Å². The standard InChI is InChI=1S/C17H20N6O3S/c1-21-15(7-8-18-21)13-27(24,25)17-20-19-16(22-9-11-26-12-10-22)23(17)14-5-3-2-4-6-14/h2-8H,9-13H2,1H3.